The van der Waals surface area contributed by atoms with Crippen LogP contribution in [0.4, 0.5) is 0 Å². The van der Waals surface area contributed by atoms with Crippen molar-refractivity contribution >= 4 is 27.2 Å². The Morgan fingerprint density at radius 3 is 2.44 bits per heavy atom. The molecule has 100 valence electrons. The Balaban J connectivity index is 2.98. The second-order valence-corrected chi connectivity index (χ2v) is 6.86. The van der Waals surface area contributed by atoms with E-state index >= 15 is 0 Å². The Kier molecular flexibility index (Phi) is 4.84. The monoisotopic (exact) mass is 286 g/mol. The molecule has 0 fully saturated rings. The van der Waals surface area contributed by atoms with E-state index in [-0.39, 0.29) is 0 Å². The summed E-state index contributed by atoms with van der Waals surface area (Å²) in [4.78, 5) is 0.619. The van der Waals surface area contributed by atoms with Crippen molar-refractivity contribution in [1.29, 1.82) is 0 Å². The number of nitrogens with two attached hydrogens (primary N) is 1. The van der Waals surface area contributed by atoms with E-state index in [9.17, 15) is 8.42 Å². The number of sulfonamides is 1. The van der Waals surface area contributed by atoms with Gasteiger partial charge in [0.05, 0.1) is 9.88 Å². The fourth-order valence-electron chi connectivity index (χ4n) is 1.44. The predicted molar refractivity (Wildman–Crippen MR) is 77.1 cm³/mol. The maximum Gasteiger partial charge on any atom is 0.242 e. The summed E-state index contributed by atoms with van der Waals surface area (Å²) in [6, 6.07) is 5.11. The molecule has 0 aliphatic rings. The number of rotatable bonds is 5. The van der Waals surface area contributed by atoms with Gasteiger partial charge < -0.3 is 5.73 Å². The van der Waals surface area contributed by atoms with Crippen molar-refractivity contribution < 1.29 is 8.42 Å². The minimum Gasteiger partial charge on any atom is -0.393 e. The van der Waals surface area contributed by atoms with Crippen LogP contribution in [-0.4, -0.2) is 31.3 Å². The lowest BCUT2D eigenvalue weighted by Gasteiger charge is -2.17. The molecule has 0 bridgehead atoms. The fraction of sp³-hybridized carbons (Fsp3) is 0.417. The molecule has 0 atom stereocenters. The molecule has 0 spiro atoms. The van der Waals surface area contributed by atoms with Crippen LogP contribution in [-0.2, 0) is 10.0 Å². The molecule has 6 heteroatoms. The fourth-order valence-corrected chi connectivity index (χ4v) is 2.79. The van der Waals surface area contributed by atoms with Crippen LogP contribution in [0.25, 0.3) is 0 Å². The van der Waals surface area contributed by atoms with E-state index in [0.29, 0.717) is 22.8 Å². The van der Waals surface area contributed by atoms with Gasteiger partial charge in [0.1, 0.15) is 0 Å². The molecule has 0 radical (unpaired) electrons. The number of nitrogens with zero attached hydrogens (tertiary/aromatic N) is 1. The molecular weight excluding hydrogens is 268 g/mol. The van der Waals surface area contributed by atoms with Crippen LogP contribution in [0.5, 0.6) is 0 Å². The van der Waals surface area contributed by atoms with Crippen LogP contribution in [0, 0.1) is 13.8 Å². The van der Waals surface area contributed by atoms with Crippen molar-refractivity contribution in [2.45, 2.75) is 25.2 Å². The Bertz CT molecular complexity index is 553. The van der Waals surface area contributed by atoms with Gasteiger partial charge >= 0.3 is 0 Å². The molecule has 0 amide bonds. The van der Waals surface area contributed by atoms with Gasteiger partial charge in [-0.1, -0.05) is 18.3 Å². The molecule has 1 aromatic carbocycles. The molecule has 0 saturated heterocycles. The Morgan fingerprint density at radius 2 is 1.94 bits per heavy atom. The smallest absolute Gasteiger partial charge is 0.242 e. The zero-order valence-corrected chi connectivity index (χ0v) is 12.4. The van der Waals surface area contributed by atoms with Crippen molar-refractivity contribution in [2.24, 2.45) is 5.73 Å². The molecule has 0 aliphatic carbocycles. The first-order valence-electron chi connectivity index (χ1n) is 5.57. The van der Waals surface area contributed by atoms with Crippen molar-refractivity contribution in [1.82, 2.24) is 4.31 Å². The van der Waals surface area contributed by atoms with Crippen molar-refractivity contribution in [3.05, 3.63) is 29.3 Å². The van der Waals surface area contributed by atoms with Gasteiger partial charge in [-0.15, -0.1) is 0 Å². The molecule has 0 aromatic heterocycles. The first-order chi connectivity index (χ1) is 8.25. The highest BCUT2D eigenvalue weighted by molar-refractivity contribution is 7.89. The molecule has 1 rings (SSSR count). The highest BCUT2D eigenvalue weighted by Gasteiger charge is 2.20. The summed E-state index contributed by atoms with van der Waals surface area (Å²) < 4.78 is 25.8. The molecule has 0 saturated carbocycles. The van der Waals surface area contributed by atoms with Crippen molar-refractivity contribution in [2.75, 3.05) is 13.6 Å². The third-order valence-electron chi connectivity index (χ3n) is 2.86. The molecule has 0 unspecified atom stereocenters. The van der Waals surface area contributed by atoms with Gasteiger partial charge in [0.15, 0.2) is 0 Å². The van der Waals surface area contributed by atoms with E-state index in [1.807, 2.05) is 19.9 Å². The van der Waals surface area contributed by atoms with E-state index in [1.54, 1.807) is 12.1 Å². The Morgan fingerprint density at radius 1 is 1.33 bits per heavy atom. The largest absolute Gasteiger partial charge is 0.393 e. The van der Waals surface area contributed by atoms with Gasteiger partial charge in [-0.2, -0.15) is 0 Å². The third kappa shape index (κ3) is 3.51. The second kappa shape index (κ2) is 5.77. The molecule has 0 heterocycles. The molecule has 1 aromatic rings. The third-order valence-corrected chi connectivity index (χ3v) is 4.92. The molecule has 2 N–H and O–H groups in total. The minimum absolute atomic E-state index is 0.296. The molecule has 4 nitrogen and oxygen atoms in total. The lowest BCUT2D eigenvalue weighted by Crippen LogP contribution is -2.30. The van der Waals surface area contributed by atoms with E-state index in [0.717, 1.165) is 11.1 Å². The van der Waals surface area contributed by atoms with Gasteiger partial charge in [0.25, 0.3) is 0 Å². The summed E-state index contributed by atoms with van der Waals surface area (Å²) in [6.07, 6.45) is 0.385. The second-order valence-electron chi connectivity index (χ2n) is 4.29. The highest BCUT2D eigenvalue weighted by atomic mass is 32.2. The van der Waals surface area contributed by atoms with Crippen LogP contribution in [0.3, 0.4) is 0 Å². The number of benzene rings is 1. The van der Waals surface area contributed by atoms with Gasteiger partial charge in [-0.05, 0) is 37.1 Å². The maximum absolute atomic E-state index is 12.3. The van der Waals surface area contributed by atoms with Crippen LogP contribution in [0.1, 0.15) is 17.5 Å². The minimum atomic E-state index is -3.46. The van der Waals surface area contributed by atoms with Crippen molar-refractivity contribution in [3.63, 3.8) is 0 Å². The highest BCUT2D eigenvalue weighted by Crippen LogP contribution is 2.18. The first kappa shape index (κ1) is 15.1. The number of thiocarbonyl (C=S) groups is 1. The van der Waals surface area contributed by atoms with Crippen molar-refractivity contribution in [3.8, 4) is 0 Å². The van der Waals surface area contributed by atoms with Gasteiger partial charge in [-0.3, -0.25) is 0 Å². The van der Waals surface area contributed by atoms with Gasteiger partial charge in [0, 0.05) is 20.0 Å². The van der Waals surface area contributed by atoms with E-state index in [4.69, 9.17) is 18.0 Å². The lowest BCUT2D eigenvalue weighted by atomic mass is 10.1. The van der Waals surface area contributed by atoms with E-state index < -0.39 is 10.0 Å². The summed E-state index contributed by atoms with van der Waals surface area (Å²) >= 11 is 4.75. The number of aryl methyl sites for hydroxylation is 2. The quantitative estimate of drug-likeness (QED) is 0.835. The van der Waals surface area contributed by atoms with Crippen LogP contribution in [0.15, 0.2) is 23.1 Å². The number of hydrogen-bond acceptors (Lipinski definition) is 3. The van der Waals surface area contributed by atoms with E-state index in [2.05, 4.69) is 0 Å². The normalized spacial score (nSPS) is 11.8. The average molecular weight is 286 g/mol. The van der Waals surface area contributed by atoms with Crippen LogP contribution >= 0.6 is 12.2 Å². The van der Waals surface area contributed by atoms with Crippen LogP contribution < -0.4 is 5.73 Å². The average Bonchev–Trinajstić information content (AvgIpc) is 2.29. The summed E-state index contributed by atoms with van der Waals surface area (Å²) in [5.74, 6) is 0. The summed E-state index contributed by atoms with van der Waals surface area (Å²) in [5.41, 5.74) is 7.40. The maximum atomic E-state index is 12.3. The molecule has 0 aliphatic heterocycles. The zero-order chi connectivity index (χ0) is 13.9. The zero-order valence-electron chi connectivity index (χ0n) is 10.8. The standard InChI is InChI=1S/C12H18N2O2S2/c1-9-4-5-11(8-10(9)2)18(15,16)14(3)7-6-12(13)17/h4-5,8H,6-7H2,1-3H3,(H2,13,17). The van der Waals surface area contributed by atoms with Gasteiger partial charge in [-0.25, -0.2) is 12.7 Å². The molecule has 18 heavy (non-hydrogen) atoms. The lowest BCUT2D eigenvalue weighted by molar-refractivity contribution is 0.478. The Labute approximate surface area is 114 Å². The van der Waals surface area contributed by atoms with Gasteiger partial charge in [0.2, 0.25) is 10.0 Å². The molecular formula is C12H18N2O2S2. The first-order valence-corrected chi connectivity index (χ1v) is 7.42. The topological polar surface area (TPSA) is 63.4 Å². The Hall–Kier alpha value is -0.980. The summed E-state index contributed by atoms with van der Waals surface area (Å²) in [5, 5.41) is 0. The number of hydrogen-bond donors (Lipinski definition) is 1. The summed E-state index contributed by atoms with van der Waals surface area (Å²) in [7, 11) is -1.93. The predicted octanol–water partition coefficient (Wildman–Crippen LogP) is 1.60. The van der Waals surface area contributed by atoms with Crippen LogP contribution in [0.2, 0.25) is 0 Å². The summed E-state index contributed by atoms with van der Waals surface area (Å²) in [6.45, 7) is 4.14. The van der Waals surface area contributed by atoms with E-state index in [1.165, 1.54) is 11.4 Å². The SMILES string of the molecule is Cc1ccc(S(=O)(=O)N(C)CCC(N)=S)cc1C.